The highest BCUT2D eigenvalue weighted by molar-refractivity contribution is 9.10. The van der Waals surface area contributed by atoms with E-state index in [4.69, 9.17) is 0 Å². The Morgan fingerprint density at radius 3 is 2.86 bits per heavy atom. The SMILES string of the molecule is Cc1cc2c(=O)[nH]ccc2c(F)c1Br. The van der Waals surface area contributed by atoms with Crippen LogP contribution in [0, 0.1) is 12.7 Å². The number of aromatic amines is 1. The predicted octanol–water partition coefficient (Wildman–Crippen LogP) is 2.74. The summed E-state index contributed by atoms with van der Waals surface area (Å²) in [6, 6.07) is 3.22. The third kappa shape index (κ3) is 1.26. The lowest BCUT2D eigenvalue weighted by molar-refractivity contribution is 0.631. The van der Waals surface area contributed by atoms with Crippen molar-refractivity contribution in [1.29, 1.82) is 0 Å². The van der Waals surface area contributed by atoms with E-state index in [1.54, 1.807) is 19.1 Å². The first kappa shape index (κ1) is 9.40. The smallest absolute Gasteiger partial charge is 0.255 e. The van der Waals surface area contributed by atoms with Crippen LogP contribution in [0.15, 0.2) is 27.6 Å². The first-order chi connectivity index (χ1) is 6.61. The summed E-state index contributed by atoms with van der Waals surface area (Å²) in [6.45, 7) is 1.75. The standard InChI is InChI=1S/C10H7BrFNO/c1-5-4-7-6(9(12)8(5)11)2-3-13-10(7)14/h2-4H,1H3,(H,13,14). The monoisotopic (exact) mass is 255 g/mol. The molecule has 14 heavy (non-hydrogen) atoms. The quantitative estimate of drug-likeness (QED) is 0.772. The molecule has 72 valence electrons. The van der Waals surface area contributed by atoms with E-state index in [0.29, 0.717) is 20.8 Å². The van der Waals surface area contributed by atoms with Crippen LogP contribution in [0.1, 0.15) is 5.56 Å². The number of benzene rings is 1. The summed E-state index contributed by atoms with van der Waals surface area (Å²) in [5.74, 6) is -0.383. The van der Waals surface area contributed by atoms with Crippen molar-refractivity contribution in [2.75, 3.05) is 0 Å². The van der Waals surface area contributed by atoms with Crippen molar-refractivity contribution in [1.82, 2.24) is 4.98 Å². The summed E-state index contributed by atoms with van der Waals surface area (Å²) in [5, 5.41) is 0.719. The molecule has 0 aliphatic rings. The number of rotatable bonds is 0. The van der Waals surface area contributed by atoms with Crippen molar-refractivity contribution in [3.8, 4) is 0 Å². The fourth-order valence-corrected chi connectivity index (χ4v) is 1.72. The van der Waals surface area contributed by atoms with Crippen molar-refractivity contribution in [2.24, 2.45) is 0 Å². The molecule has 0 saturated carbocycles. The van der Waals surface area contributed by atoms with Crippen LogP contribution < -0.4 is 5.56 Å². The molecule has 0 bridgehead atoms. The van der Waals surface area contributed by atoms with E-state index in [2.05, 4.69) is 20.9 Å². The number of hydrogen-bond acceptors (Lipinski definition) is 1. The van der Waals surface area contributed by atoms with Gasteiger partial charge in [0.2, 0.25) is 0 Å². The van der Waals surface area contributed by atoms with Gasteiger partial charge in [0.15, 0.2) is 0 Å². The van der Waals surface area contributed by atoms with Crippen LogP contribution >= 0.6 is 15.9 Å². The lowest BCUT2D eigenvalue weighted by atomic mass is 10.1. The number of hydrogen-bond donors (Lipinski definition) is 1. The molecule has 1 aromatic heterocycles. The maximum absolute atomic E-state index is 13.6. The Labute approximate surface area is 87.9 Å². The number of nitrogens with one attached hydrogen (secondary N) is 1. The van der Waals surface area contributed by atoms with Crippen LogP contribution in [0.5, 0.6) is 0 Å². The lowest BCUT2D eigenvalue weighted by Gasteiger charge is -2.03. The summed E-state index contributed by atoms with van der Waals surface area (Å²) in [5.41, 5.74) is 0.448. The fourth-order valence-electron chi connectivity index (χ4n) is 1.40. The van der Waals surface area contributed by atoms with Gasteiger partial charge < -0.3 is 4.98 Å². The summed E-state index contributed by atoms with van der Waals surface area (Å²) in [7, 11) is 0. The van der Waals surface area contributed by atoms with Gasteiger partial charge in [-0.25, -0.2) is 4.39 Å². The maximum atomic E-state index is 13.6. The van der Waals surface area contributed by atoms with E-state index in [0.717, 1.165) is 0 Å². The molecule has 4 heteroatoms. The van der Waals surface area contributed by atoms with Crippen LogP contribution in [-0.4, -0.2) is 4.98 Å². The van der Waals surface area contributed by atoms with Crippen LogP contribution in [0.2, 0.25) is 0 Å². The van der Waals surface area contributed by atoms with E-state index >= 15 is 0 Å². The van der Waals surface area contributed by atoms with Gasteiger partial charge in [-0.2, -0.15) is 0 Å². The predicted molar refractivity (Wildman–Crippen MR) is 57.0 cm³/mol. The van der Waals surface area contributed by atoms with Gasteiger partial charge in [0.25, 0.3) is 5.56 Å². The second kappa shape index (κ2) is 3.20. The van der Waals surface area contributed by atoms with E-state index in [-0.39, 0.29) is 11.4 Å². The highest BCUT2D eigenvalue weighted by atomic mass is 79.9. The highest BCUT2D eigenvalue weighted by Crippen LogP contribution is 2.26. The summed E-state index contributed by atoms with van der Waals surface area (Å²) in [6.07, 6.45) is 1.44. The molecule has 1 aromatic carbocycles. The molecular weight excluding hydrogens is 249 g/mol. The van der Waals surface area contributed by atoms with E-state index in [1.165, 1.54) is 6.20 Å². The van der Waals surface area contributed by atoms with Crippen molar-refractivity contribution in [2.45, 2.75) is 6.92 Å². The van der Waals surface area contributed by atoms with Crippen LogP contribution in [0.4, 0.5) is 4.39 Å². The number of aryl methyl sites for hydroxylation is 1. The van der Waals surface area contributed by atoms with Gasteiger partial charge in [0.1, 0.15) is 5.82 Å². The van der Waals surface area contributed by atoms with Crippen LogP contribution in [-0.2, 0) is 0 Å². The molecule has 0 aliphatic carbocycles. The van der Waals surface area contributed by atoms with Gasteiger partial charge in [-0.15, -0.1) is 0 Å². The third-order valence-corrected chi connectivity index (χ3v) is 3.11. The van der Waals surface area contributed by atoms with Crippen LogP contribution in [0.3, 0.4) is 0 Å². The molecule has 0 saturated heterocycles. The highest BCUT2D eigenvalue weighted by Gasteiger charge is 2.09. The molecule has 0 spiro atoms. The Morgan fingerprint density at radius 1 is 1.43 bits per heavy atom. The largest absolute Gasteiger partial charge is 0.329 e. The summed E-state index contributed by atoms with van der Waals surface area (Å²) < 4.78 is 14.1. The zero-order valence-corrected chi connectivity index (χ0v) is 8.98. The molecule has 0 aliphatic heterocycles. The Hall–Kier alpha value is -1.16. The van der Waals surface area contributed by atoms with Gasteiger partial charge in [-0.1, -0.05) is 0 Å². The van der Waals surface area contributed by atoms with Gasteiger partial charge in [0, 0.05) is 11.6 Å². The minimum atomic E-state index is -0.383. The summed E-state index contributed by atoms with van der Waals surface area (Å²) in [4.78, 5) is 13.9. The van der Waals surface area contributed by atoms with E-state index < -0.39 is 0 Å². The number of aromatic nitrogens is 1. The number of halogens is 2. The average molecular weight is 256 g/mol. The molecular formula is C10H7BrFNO. The second-order valence-corrected chi connectivity index (χ2v) is 3.88. The molecule has 1 N–H and O–H groups in total. The molecule has 0 atom stereocenters. The molecule has 2 rings (SSSR count). The second-order valence-electron chi connectivity index (χ2n) is 3.09. The molecule has 2 aromatic rings. The average Bonchev–Trinajstić information content (AvgIpc) is 2.17. The lowest BCUT2D eigenvalue weighted by Crippen LogP contribution is -2.05. The van der Waals surface area contributed by atoms with Crippen molar-refractivity contribution in [3.63, 3.8) is 0 Å². The van der Waals surface area contributed by atoms with Crippen molar-refractivity contribution in [3.05, 3.63) is 44.5 Å². The molecule has 0 amide bonds. The van der Waals surface area contributed by atoms with E-state index in [9.17, 15) is 9.18 Å². The minimum Gasteiger partial charge on any atom is -0.329 e. The maximum Gasteiger partial charge on any atom is 0.255 e. The first-order valence-electron chi connectivity index (χ1n) is 4.07. The van der Waals surface area contributed by atoms with Crippen LogP contribution in [0.25, 0.3) is 10.8 Å². The topological polar surface area (TPSA) is 32.9 Å². The molecule has 1 heterocycles. The van der Waals surface area contributed by atoms with Crippen molar-refractivity contribution < 1.29 is 4.39 Å². The third-order valence-electron chi connectivity index (χ3n) is 2.14. The fraction of sp³-hybridized carbons (Fsp3) is 0.100. The molecule has 2 nitrogen and oxygen atoms in total. The number of H-pyrrole nitrogens is 1. The zero-order valence-electron chi connectivity index (χ0n) is 7.40. The minimum absolute atomic E-state index is 0.267. The Morgan fingerprint density at radius 2 is 2.14 bits per heavy atom. The Kier molecular flexibility index (Phi) is 2.15. The van der Waals surface area contributed by atoms with Crippen molar-refractivity contribution >= 4 is 26.7 Å². The Balaban J connectivity index is 3.06. The van der Waals surface area contributed by atoms with E-state index in [1.807, 2.05) is 0 Å². The number of fused-ring (bicyclic) bond motifs is 1. The summed E-state index contributed by atoms with van der Waals surface area (Å²) >= 11 is 3.14. The Bertz CT molecular complexity index is 562. The first-order valence-corrected chi connectivity index (χ1v) is 4.86. The normalized spacial score (nSPS) is 10.8. The van der Waals surface area contributed by atoms with Gasteiger partial charge >= 0.3 is 0 Å². The van der Waals surface area contributed by atoms with Gasteiger partial charge in [0.05, 0.1) is 9.86 Å². The molecule has 0 radical (unpaired) electrons. The molecule has 0 unspecified atom stereocenters. The number of pyridine rings is 1. The molecule has 0 fully saturated rings. The zero-order chi connectivity index (χ0) is 10.3. The van der Waals surface area contributed by atoms with Gasteiger partial charge in [-0.05, 0) is 40.5 Å². The van der Waals surface area contributed by atoms with Gasteiger partial charge in [-0.3, -0.25) is 4.79 Å².